The van der Waals surface area contributed by atoms with Crippen molar-refractivity contribution >= 4 is 32.6 Å². The fourth-order valence-corrected chi connectivity index (χ4v) is 4.37. The van der Waals surface area contributed by atoms with Crippen molar-refractivity contribution in [2.45, 2.75) is 30.7 Å². The number of fused-ring (bicyclic) bond motifs is 1. The predicted molar refractivity (Wildman–Crippen MR) is 104 cm³/mol. The first-order valence-corrected chi connectivity index (χ1v) is 9.88. The summed E-state index contributed by atoms with van der Waals surface area (Å²) in [6, 6.07) is 11.5. The molecule has 0 radical (unpaired) electrons. The minimum Gasteiger partial charge on any atom is -0.481 e. The van der Waals surface area contributed by atoms with E-state index in [4.69, 9.17) is 5.11 Å². The number of carboxylic acid groups (broad SMARTS) is 1. The average Bonchev–Trinajstić information content (AvgIpc) is 3.03. The summed E-state index contributed by atoms with van der Waals surface area (Å²) < 4.78 is 57.5. The molecule has 0 amide bonds. The van der Waals surface area contributed by atoms with Crippen LogP contribution in [0.15, 0.2) is 59.6 Å². The highest BCUT2D eigenvalue weighted by molar-refractivity contribution is 7.92. The van der Waals surface area contributed by atoms with E-state index in [0.29, 0.717) is 17.8 Å². The predicted octanol–water partition coefficient (Wildman–Crippen LogP) is 4.18. The first-order valence-electron chi connectivity index (χ1n) is 8.39. The molecule has 6 nitrogen and oxygen atoms in total. The molecule has 0 saturated carbocycles. The Labute approximate surface area is 165 Å². The number of rotatable bonds is 7. The molecule has 3 aromatic rings. The number of sulfonamides is 1. The highest BCUT2D eigenvalue weighted by atomic mass is 32.2. The van der Waals surface area contributed by atoms with Gasteiger partial charge in [-0.05, 0) is 18.2 Å². The Hall–Kier alpha value is -3.01. The number of benzene rings is 2. The fraction of sp³-hybridized carbons (Fsp3) is 0.211. The van der Waals surface area contributed by atoms with E-state index >= 15 is 0 Å². The third-order valence-corrected chi connectivity index (χ3v) is 5.67. The van der Waals surface area contributed by atoms with Gasteiger partial charge >= 0.3 is 5.97 Å². The molecule has 0 atom stereocenters. The summed E-state index contributed by atoms with van der Waals surface area (Å²) >= 11 is 0. The molecule has 156 valence electrons. The van der Waals surface area contributed by atoms with Crippen molar-refractivity contribution in [1.82, 2.24) is 4.57 Å². The monoisotopic (exact) mass is 428 g/mol. The molecule has 0 fully saturated rings. The van der Waals surface area contributed by atoms with Crippen LogP contribution in [0.3, 0.4) is 0 Å². The minimum atomic E-state index is -4.30. The molecule has 1 aromatic heterocycles. The molecular formula is C19H19F3N2O4S. The van der Waals surface area contributed by atoms with Crippen LogP contribution in [0.4, 0.5) is 19.2 Å². The summed E-state index contributed by atoms with van der Waals surface area (Å²) in [5, 5.41) is 9.59. The van der Waals surface area contributed by atoms with Gasteiger partial charge in [0, 0.05) is 30.6 Å². The zero-order valence-corrected chi connectivity index (χ0v) is 16.1. The Morgan fingerprint density at radius 1 is 1.14 bits per heavy atom. The Balaban J connectivity index is 0.00000300. The van der Waals surface area contributed by atoms with Gasteiger partial charge in [0.25, 0.3) is 15.9 Å². The van der Waals surface area contributed by atoms with Crippen molar-refractivity contribution in [2.24, 2.45) is 0 Å². The van der Waals surface area contributed by atoms with Gasteiger partial charge in [-0.1, -0.05) is 30.3 Å². The highest BCUT2D eigenvalue weighted by Gasteiger charge is 2.32. The summed E-state index contributed by atoms with van der Waals surface area (Å²) in [5.41, 5.74) is 0.0612. The van der Waals surface area contributed by atoms with Crippen LogP contribution < -0.4 is 4.72 Å². The van der Waals surface area contributed by atoms with Crippen LogP contribution in [-0.4, -0.2) is 24.1 Å². The van der Waals surface area contributed by atoms with E-state index in [2.05, 4.69) is 4.72 Å². The number of carbonyl (C=O) groups is 1. The second-order valence-corrected chi connectivity index (χ2v) is 8.04. The number of anilines is 1. The van der Waals surface area contributed by atoms with Gasteiger partial charge in [-0.15, -0.1) is 0 Å². The molecule has 0 aliphatic rings. The van der Waals surface area contributed by atoms with Gasteiger partial charge in [0.2, 0.25) is 0 Å². The number of alkyl halides is 2. The van der Waals surface area contributed by atoms with Crippen molar-refractivity contribution < 1.29 is 31.8 Å². The normalized spacial score (nSPS) is 11.8. The Morgan fingerprint density at radius 2 is 1.83 bits per heavy atom. The number of aryl methyl sites for hydroxylation is 1. The lowest BCUT2D eigenvalue weighted by Gasteiger charge is -2.17. The molecule has 1 heterocycles. The third-order valence-electron chi connectivity index (χ3n) is 4.25. The van der Waals surface area contributed by atoms with Crippen LogP contribution in [0.2, 0.25) is 0 Å². The SMILES string of the molecule is CC(F)(F)c1ccccc1S(=O)(=O)Nc1cccc2ccn(CCC(=O)O)c12.F. The Bertz CT molecular complexity index is 1140. The molecule has 2 N–H and O–H groups in total. The maximum atomic E-state index is 13.9. The lowest BCUT2D eigenvalue weighted by atomic mass is 10.1. The summed E-state index contributed by atoms with van der Waals surface area (Å²) in [6.45, 7) is 0.778. The van der Waals surface area contributed by atoms with E-state index in [9.17, 15) is 22.0 Å². The van der Waals surface area contributed by atoms with E-state index in [1.54, 1.807) is 29.0 Å². The number of aliphatic carboxylic acids is 1. The molecule has 2 aromatic carbocycles. The van der Waals surface area contributed by atoms with Crippen LogP contribution >= 0.6 is 0 Å². The zero-order valence-electron chi connectivity index (χ0n) is 15.3. The lowest BCUT2D eigenvalue weighted by Crippen LogP contribution is -2.20. The van der Waals surface area contributed by atoms with Gasteiger partial charge in [-0.25, -0.2) is 17.2 Å². The second-order valence-electron chi connectivity index (χ2n) is 6.39. The van der Waals surface area contributed by atoms with E-state index in [1.807, 2.05) is 0 Å². The van der Waals surface area contributed by atoms with Crippen molar-refractivity contribution in [1.29, 1.82) is 0 Å². The fourth-order valence-electron chi connectivity index (χ4n) is 3.01. The molecule has 0 aliphatic carbocycles. The second kappa shape index (κ2) is 8.16. The van der Waals surface area contributed by atoms with Crippen molar-refractivity contribution in [3.8, 4) is 0 Å². The van der Waals surface area contributed by atoms with Crippen LogP contribution in [0.1, 0.15) is 18.9 Å². The van der Waals surface area contributed by atoms with Crippen LogP contribution in [-0.2, 0) is 27.3 Å². The highest BCUT2D eigenvalue weighted by Crippen LogP contribution is 2.34. The number of hydrogen-bond donors (Lipinski definition) is 2. The molecule has 29 heavy (non-hydrogen) atoms. The number of hydrogen-bond acceptors (Lipinski definition) is 3. The number of nitrogens with zero attached hydrogens (tertiary/aromatic N) is 1. The van der Waals surface area contributed by atoms with Gasteiger partial charge in [-0.2, -0.15) is 0 Å². The molecule has 0 bridgehead atoms. The zero-order chi connectivity index (χ0) is 20.5. The van der Waals surface area contributed by atoms with Gasteiger partial charge in [-0.3, -0.25) is 14.2 Å². The third kappa shape index (κ3) is 4.70. The van der Waals surface area contributed by atoms with Gasteiger partial charge in [0.05, 0.1) is 22.5 Å². The van der Waals surface area contributed by atoms with Crippen molar-refractivity contribution in [2.75, 3.05) is 4.72 Å². The summed E-state index contributed by atoms with van der Waals surface area (Å²) in [7, 11) is -4.30. The lowest BCUT2D eigenvalue weighted by molar-refractivity contribution is -0.137. The maximum Gasteiger partial charge on any atom is 0.305 e. The van der Waals surface area contributed by atoms with Gasteiger partial charge in [0.15, 0.2) is 0 Å². The summed E-state index contributed by atoms with van der Waals surface area (Å²) in [6.07, 6.45) is 1.51. The molecule has 10 heteroatoms. The summed E-state index contributed by atoms with van der Waals surface area (Å²) in [5.74, 6) is -4.32. The topological polar surface area (TPSA) is 88.4 Å². The van der Waals surface area contributed by atoms with E-state index in [0.717, 1.165) is 12.1 Å². The van der Waals surface area contributed by atoms with Crippen LogP contribution in [0.5, 0.6) is 0 Å². The number of halogens is 3. The first kappa shape index (κ1) is 22.3. The van der Waals surface area contributed by atoms with E-state index in [1.165, 1.54) is 18.2 Å². The number of para-hydroxylation sites is 1. The number of carboxylic acids is 1. The molecule has 0 unspecified atom stereocenters. The van der Waals surface area contributed by atoms with Crippen molar-refractivity contribution in [3.63, 3.8) is 0 Å². The van der Waals surface area contributed by atoms with Crippen molar-refractivity contribution in [3.05, 3.63) is 60.3 Å². The van der Waals surface area contributed by atoms with E-state index < -0.39 is 32.4 Å². The van der Waals surface area contributed by atoms with Gasteiger partial charge < -0.3 is 9.67 Å². The average molecular weight is 428 g/mol. The quantitative estimate of drug-likeness (QED) is 0.591. The maximum absolute atomic E-state index is 13.9. The Morgan fingerprint density at radius 3 is 2.48 bits per heavy atom. The molecule has 0 spiro atoms. The summed E-state index contributed by atoms with van der Waals surface area (Å²) in [4.78, 5) is 10.4. The molecule has 0 aliphatic heterocycles. The van der Waals surface area contributed by atoms with Crippen LogP contribution in [0, 0.1) is 0 Å². The minimum absolute atomic E-state index is 0. The number of nitrogens with one attached hydrogen (secondary N) is 1. The largest absolute Gasteiger partial charge is 0.481 e. The smallest absolute Gasteiger partial charge is 0.305 e. The number of aromatic nitrogens is 1. The molecule has 0 saturated heterocycles. The van der Waals surface area contributed by atoms with Gasteiger partial charge in [0.1, 0.15) is 0 Å². The molecular weight excluding hydrogens is 409 g/mol. The van der Waals surface area contributed by atoms with Crippen LogP contribution in [0.25, 0.3) is 10.9 Å². The van der Waals surface area contributed by atoms with E-state index in [-0.39, 0.29) is 23.4 Å². The molecule has 3 rings (SSSR count). The standard InChI is InChI=1S/C19H18F2N2O4S.FH/c1-19(20,21)14-6-2-3-8-16(14)28(26,27)22-15-7-4-5-13-9-11-23(18(13)15)12-10-17(24)25;/h2-9,11,22H,10,12H2,1H3,(H,24,25);1H. The first-order chi connectivity index (χ1) is 13.1. The Kier molecular flexibility index (Phi) is 6.27.